The van der Waals surface area contributed by atoms with Gasteiger partial charge in [-0.05, 0) is 68.4 Å². The quantitative estimate of drug-likeness (QED) is 0.846. The third-order valence-corrected chi connectivity index (χ3v) is 6.98. The minimum absolute atomic E-state index is 0.160. The predicted molar refractivity (Wildman–Crippen MR) is 95.5 cm³/mol. The predicted octanol–water partition coefficient (Wildman–Crippen LogP) is 2.45. The van der Waals surface area contributed by atoms with E-state index < -0.39 is 11.0 Å². The number of rotatable bonds is 3. The van der Waals surface area contributed by atoms with Crippen molar-refractivity contribution < 1.29 is 19.4 Å². The maximum atomic E-state index is 12.9. The second-order valence-electron chi connectivity index (χ2n) is 8.97. The lowest BCUT2D eigenvalue weighted by Crippen LogP contribution is -2.58. The first-order valence-corrected chi connectivity index (χ1v) is 9.74. The van der Waals surface area contributed by atoms with Gasteiger partial charge in [0.1, 0.15) is 0 Å². The van der Waals surface area contributed by atoms with Gasteiger partial charge in [-0.15, -0.1) is 0 Å². The molecule has 1 N–H and O–H groups in total. The van der Waals surface area contributed by atoms with Crippen molar-refractivity contribution in [3.8, 4) is 0 Å². The Kier molecular flexibility index (Phi) is 3.48. The van der Waals surface area contributed by atoms with Gasteiger partial charge in [0.05, 0.1) is 11.0 Å². The SMILES string of the molecule is O=C(COC(=O)C12CC3CC(CC(O)(C3)C1)C2)N1CCc2ccccc21. The van der Waals surface area contributed by atoms with Crippen LogP contribution < -0.4 is 4.90 Å². The topological polar surface area (TPSA) is 66.8 Å². The first kappa shape index (κ1) is 16.3. The van der Waals surface area contributed by atoms with Crippen LogP contribution in [0.5, 0.6) is 0 Å². The van der Waals surface area contributed by atoms with Gasteiger partial charge in [0, 0.05) is 12.2 Å². The van der Waals surface area contributed by atoms with Gasteiger partial charge >= 0.3 is 5.97 Å². The van der Waals surface area contributed by atoms with Gasteiger partial charge in [-0.2, -0.15) is 0 Å². The first-order valence-electron chi connectivity index (χ1n) is 9.74. The van der Waals surface area contributed by atoms with Crippen LogP contribution in [0, 0.1) is 17.3 Å². The van der Waals surface area contributed by atoms with E-state index in [4.69, 9.17) is 4.74 Å². The summed E-state index contributed by atoms with van der Waals surface area (Å²) in [6.45, 7) is 0.438. The Morgan fingerprint density at radius 3 is 2.62 bits per heavy atom. The highest BCUT2D eigenvalue weighted by atomic mass is 16.5. The van der Waals surface area contributed by atoms with Gasteiger partial charge in [-0.1, -0.05) is 18.2 Å². The highest BCUT2D eigenvalue weighted by Crippen LogP contribution is 2.61. The molecule has 6 rings (SSSR count). The maximum Gasteiger partial charge on any atom is 0.312 e. The van der Waals surface area contributed by atoms with E-state index >= 15 is 0 Å². The number of nitrogens with zero attached hydrogens (tertiary/aromatic N) is 1. The van der Waals surface area contributed by atoms with Crippen molar-refractivity contribution in [3.63, 3.8) is 0 Å². The van der Waals surface area contributed by atoms with Crippen molar-refractivity contribution in [1.82, 2.24) is 0 Å². The Balaban J connectivity index is 1.26. The van der Waals surface area contributed by atoms with Crippen LogP contribution in [0.4, 0.5) is 5.69 Å². The number of aliphatic hydroxyl groups is 1. The van der Waals surface area contributed by atoms with Gasteiger partial charge in [0.25, 0.3) is 5.91 Å². The van der Waals surface area contributed by atoms with E-state index in [9.17, 15) is 14.7 Å². The molecule has 1 aliphatic heterocycles. The number of carbonyl (C=O) groups excluding carboxylic acids is 2. The van der Waals surface area contributed by atoms with Gasteiger partial charge in [-0.3, -0.25) is 9.59 Å². The van der Waals surface area contributed by atoms with E-state index in [1.807, 2.05) is 24.3 Å². The zero-order valence-corrected chi connectivity index (χ0v) is 14.9. The van der Waals surface area contributed by atoms with E-state index in [1.165, 1.54) is 0 Å². The number of hydrogen-bond acceptors (Lipinski definition) is 4. The first-order chi connectivity index (χ1) is 12.5. The number of amides is 1. The number of ether oxygens (including phenoxy) is 1. The Hall–Kier alpha value is -1.88. The van der Waals surface area contributed by atoms with E-state index in [0.29, 0.717) is 24.8 Å². The minimum atomic E-state index is -0.693. The number of hydrogen-bond donors (Lipinski definition) is 1. The summed E-state index contributed by atoms with van der Waals surface area (Å²) < 4.78 is 5.52. The molecule has 4 aliphatic carbocycles. The van der Waals surface area contributed by atoms with Gasteiger partial charge in [0.15, 0.2) is 6.61 Å². The third-order valence-electron chi connectivity index (χ3n) is 6.98. The molecule has 138 valence electrons. The second-order valence-corrected chi connectivity index (χ2v) is 8.97. The number of esters is 1. The highest BCUT2D eigenvalue weighted by Gasteiger charge is 2.61. The van der Waals surface area contributed by atoms with Crippen LogP contribution in [0.25, 0.3) is 0 Å². The van der Waals surface area contributed by atoms with E-state index in [0.717, 1.165) is 49.8 Å². The van der Waals surface area contributed by atoms with E-state index in [1.54, 1.807) is 4.90 Å². The van der Waals surface area contributed by atoms with Crippen LogP contribution >= 0.6 is 0 Å². The molecule has 5 aliphatic rings. The number of para-hydroxylation sites is 1. The second kappa shape index (κ2) is 5.56. The molecular formula is C21H25NO4. The summed E-state index contributed by atoms with van der Waals surface area (Å²) in [7, 11) is 0. The summed E-state index contributed by atoms with van der Waals surface area (Å²) in [6, 6.07) is 7.87. The van der Waals surface area contributed by atoms with Crippen molar-refractivity contribution in [2.45, 2.75) is 50.5 Å². The van der Waals surface area contributed by atoms with Gasteiger partial charge in [-0.25, -0.2) is 0 Å². The third kappa shape index (κ3) is 2.48. The Bertz CT molecular complexity index is 759. The Morgan fingerprint density at radius 1 is 1.15 bits per heavy atom. The molecule has 0 spiro atoms. The fourth-order valence-corrected chi connectivity index (χ4v) is 6.41. The number of fused-ring (bicyclic) bond motifs is 1. The van der Waals surface area contributed by atoms with Crippen LogP contribution in [-0.4, -0.2) is 35.7 Å². The number of anilines is 1. The largest absolute Gasteiger partial charge is 0.455 e. The van der Waals surface area contributed by atoms with Crippen molar-refractivity contribution in [3.05, 3.63) is 29.8 Å². The summed E-state index contributed by atoms with van der Waals surface area (Å²) in [6.07, 6.45) is 5.74. The molecular weight excluding hydrogens is 330 g/mol. The molecule has 0 aromatic heterocycles. The maximum absolute atomic E-state index is 12.9. The monoisotopic (exact) mass is 355 g/mol. The molecule has 4 fully saturated rings. The van der Waals surface area contributed by atoms with Gasteiger partial charge in [0.2, 0.25) is 0 Å². The smallest absolute Gasteiger partial charge is 0.312 e. The van der Waals surface area contributed by atoms with Crippen LogP contribution in [0.2, 0.25) is 0 Å². The molecule has 5 heteroatoms. The summed E-state index contributed by atoms with van der Waals surface area (Å²) >= 11 is 0. The molecule has 0 radical (unpaired) electrons. The lowest BCUT2D eigenvalue weighted by atomic mass is 9.48. The Labute approximate surface area is 153 Å². The van der Waals surface area contributed by atoms with Crippen molar-refractivity contribution in [1.29, 1.82) is 0 Å². The molecule has 26 heavy (non-hydrogen) atoms. The van der Waals surface area contributed by atoms with Crippen molar-refractivity contribution in [2.75, 3.05) is 18.1 Å². The average molecular weight is 355 g/mol. The van der Waals surface area contributed by atoms with E-state index in [-0.39, 0.29) is 18.5 Å². The molecule has 4 bridgehead atoms. The zero-order valence-electron chi connectivity index (χ0n) is 14.9. The molecule has 1 aromatic carbocycles. The van der Waals surface area contributed by atoms with E-state index in [2.05, 4.69) is 0 Å². The average Bonchev–Trinajstić information content (AvgIpc) is 3.01. The van der Waals surface area contributed by atoms with Crippen LogP contribution in [0.1, 0.15) is 44.1 Å². The highest BCUT2D eigenvalue weighted by molar-refractivity contribution is 5.97. The number of benzene rings is 1. The molecule has 0 saturated heterocycles. The number of carbonyl (C=O) groups is 2. The molecule has 4 saturated carbocycles. The minimum Gasteiger partial charge on any atom is -0.455 e. The lowest BCUT2D eigenvalue weighted by Gasteiger charge is -2.58. The van der Waals surface area contributed by atoms with Crippen LogP contribution in [0.3, 0.4) is 0 Å². The normalized spacial score (nSPS) is 36.9. The zero-order chi connectivity index (χ0) is 17.9. The Morgan fingerprint density at radius 2 is 1.88 bits per heavy atom. The fourth-order valence-electron chi connectivity index (χ4n) is 6.41. The molecule has 2 atom stereocenters. The summed E-state index contributed by atoms with van der Waals surface area (Å²) in [4.78, 5) is 27.2. The van der Waals surface area contributed by atoms with Crippen LogP contribution in [0.15, 0.2) is 24.3 Å². The van der Waals surface area contributed by atoms with Gasteiger partial charge < -0.3 is 14.7 Å². The molecule has 5 nitrogen and oxygen atoms in total. The summed E-state index contributed by atoms with van der Waals surface area (Å²) in [5, 5.41) is 10.8. The lowest BCUT2D eigenvalue weighted by molar-refractivity contribution is -0.196. The molecule has 1 heterocycles. The standard InChI is InChI=1S/C21H25NO4/c23-18(22-6-5-16-3-1-2-4-17(16)22)12-26-19(24)20-8-14-7-15(9-20)11-21(25,10-14)13-20/h1-4,14-15,25H,5-13H2. The summed E-state index contributed by atoms with van der Waals surface area (Å²) in [5.41, 5.74) is 0.830. The van der Waals surface area contributed by atoms with Crippen LogP contribution in [-0.2, 0) is 20.7 Å². The summed E-state index contributed by atoms with van der Waals surface area (Å²) in [5.74, 6) is 0.419. The molecule has 1 aromatic rings. The van der Waals surface area contributed by atoms with Crippen molar-refractivity contribution >= 4 is 17.6 Å². The molecule has 1 amide bonds. The molecule has 2 unspecified atom stereocenters. The fraction of sp³-hybridized carbons (Fsp3) is 0.619. The van der Waals surface area contributed by atoms with Crippen molar-refractivity contribution in [2.24, 2.45) is 17.3 Å².